The summed E-state index contributed by atoms with van der Waals surface area (Å²) >= 11 is 0.369. The number of thioether (sulfide) groups is 1. The molecule has 0 aliphatic heterocycles. The van der Waals surface area contributed by atoms with Crippen molar-refractivity contribution in [3.05, 3.63) is 70.0 Å². The van der Waals surface area contributed by atoms with Gasteiger partial charge in [-0.1, -0.05) is 0 Å². The van der Waals surface area contributed by atoms with Gasteiger partial charge in [-0.25, -0.2) is 22.5 Å². The van der Waals surface area contributed by atoms with Crippen LogP contribution in [0.2, 0.25) is 0 Å². The first-order chi connectivity index (χ1) is 17.9. The Kier molecular flexibility index (Phi) is 7.35. The molecule has 14 heteroatoms. The Morgan fingerprint density at radius 2 is 1.92 bits per heavy atom. The molecule has 1 unspecified atom stereocenters. The largest absolute Gasteiger partial charge is 0.494 e. The van der Waals surface area contributed by atoms with Crippen LogP contribution >= 0.6 is 11.8 Å². The van der Waals surface area contributed by atoms with Gasteiger partial charge < -0.3 is 10.1 Å². The lowest BCUT2D eigenvalue weighted by Gasteiger charge is -2.16. The van der Waals surface area contributed by atoms with Crippen molar-refractivity contribution in [3.8, 4) is 22.7 Å². The highest BCUT2D eigenvalue weighted by atomic mass is 32.2. The van der Waals surface area contributed by atoms with Crippen LogP contribution in [0.1, 0.15) is 34.5 Å². The second kappa shape index (κ2) is 10.4. The van der Waals surface area contributed by atoms with Gasteiger partial charge in [-0.2, -0.15) is 0 Å². The fraction of sp³-hybridized carbons (Fsp3) is 0.250. The van der Waals surface area contributed by atoms with Gasteiger partial charge in [0.1, 0.15) is 17.3 Å². The Hall–Kier alpha value is -4.07. The standard InChI is InChI=1S/C24H20F4N6O3S/c1-11-3-4-34(19(35)5-11)18-7-12(13-6-16(20(25)26)31-10-17(13)37-2)14(9-32-18)22(36)33-23(30)38-21(29)15-8-24(15,27)28/h3-7,9-10,15,20,29H,8H2,1-2H3,(H2,30,33,36). The minimum Gasteiger partial charge on any atom is -0.494 e. The zero-order valence-corrected chi connectivity index (χ0v) is 20.7. The molecule has 9 nitrogen and oxygen atoms in total. The number of ether oxygens (including phenoxy) is 1. The van der Waals surface area contributed by atoms with Crippen LogP contribution in [0.4, 0.5) is 17.6 Å². The molecule has 1 fully saturated rings. The average Bonchev–Trinajstić information content (AvgIpc) is 3.51. The Morgan fingerprint density at radius 3 is 2.53 bits per heavy atom. The van der Waals surface area contributed by atoms with E-state index in [0.717, 1.165) is 18.5 Å². The van der Waals surface area contributed by atoms with Crippen molar-refractivity contribution >= 4 is 27.9 Å². The van der Waals surface area contributed by atoms with Crippen LogP contribution in [0.5, 0.6) is 5.75 Å². The number of nitrogens with zero attached hydrogens (tertiary/aromatic N) is 3. The van der Waals surface area contributed by atoms with E-state index in [0.29, 0.717) is 17.3 Å². The van der Waals surface area contributed by atoms with E-state index in [1.165, 1.54) is 30.0 Å². The molecule has 198 valence electrons. The number of carbonyl (C=O) groups excluding carboxylic acids is 1. The molecule has 1 aliphatic carbocycles. The van der Waals surface area contributed by atoms with Crippen LogP contribution in [-0.4, -0.2) is 43.7 Å². The summed E-state index contributed by atoms with van der Waals surface area (Å²) in [7, 11) is 1.28. The van der Waals surface area contributed by atoms with Gasteiger partial charge in [0, 0.05) is 36.0 Å². The van der Waals surface area contributed by atoms with Crippen LogP contribution in [0.15, 0.2) is 47.7 Å². The van der Waals surface area contributed by atoms with E-state index in [1.54, 1.807) is 13.0 Å². The summed E-state index contributed by atoms with van der Waals surface area (Å²) in [6, 6.07) is 5.37. The number of carbonyl (C=O) groups is 1. The van der Waals surface area contributed by atoms with Crippen molar-refractivity contribution in [1.82, 2.24) is 19.9 Å². The van der Waals surface area contributed by atoms with E-state index in [-0.39, 0.29) is 28.3 Å². The molecule has 0 aromatic carbocycles. The summed E-state index contributed by atoms with van der Waals surface area (Å²) in [5, 5.41) is 16.9. The predicted molar refractivity (Wildman–Crippen MR) is 133 cm³/mol. The molecule has 0 saturated heterocycles. The second-order valence-electron chi connectivity index (χ2n) is 8.38. The third-order valence-electron chi connectivity index (χ3n) is 5.66. The lowest BCUT2D eigenvalue weighted by Crippen LogP contribution is -2.29. The fourth-order valence-electron chi connectivity index (χ4n) is 3.57. The number of nitrogens with one attached hydrogen (secondary N) is 3. The molecule has 1 saturated carbocycles. The lowest BCUT2D eigenvalue weighted by molar-refractivity contribution is 0.0977. The number of rotatable bonds is 6. The van der Waals surface area contributed by atoms with Gasteiger partial charge in [-0.3, -0.25) is 30.0 Å². The van der Waals surface area contributed by atoms with E-state index < -0.39 is 52.1 Å². The van der Waals surface area contributed by atoms with Crippen molar-refractivity contribution < 1.29 is 27.1 Å². The van der Waals surface area contributed by atoms with Crippen molar-refractivity contribution in [3.63, 3.8) is 0 Å². The van der Waals surface area contributed by atoms with E-state index in [2.05, 4.69) is 15.3 Å². The number of halogens is 4. The number of hydrogen-bond acceptors (Lipinski definition) is 8. The molecule has 3 heterocycles. The first-order valence-electron chi connectivity index (χ1n) is 11.0. The zero-order chi connectivity index (χ0) is 27.8. The molecule has 3 aromatic rings. The Labute approximate surface area is 217 Å². The number of hydrogen-bond donors (Lipinski definition) is 3. The topological polar surface area (TPSA) is 134 Å². The Bertz CT molecular complexity index is 1510. The zero-order valence-electron chi connectivity index (χ0n) is 19.9. The highest BCUT2D eigenvalue weighted by Gasteiger charge is 2.59. The minimum absolute atomic E-state index is 0.0303. The van der Waals surface area contributed by atoms with Gasteiger partial charge in [0.05, 0.1) is 29.8 Å². The summed E-state index contributed by atoms with van der Waals surface area (Å²) in [4.78, 5) is 33.5. The molecular formula is C24H20F4N6O3S. The molecule has 1 atom stereocenters. The molecular weight excluding hydrogens is 528 g/mol. The van der Waals surface area contributed by atoms with Crippen LogP contribution in [0.3, 0.4) is 0 Å². The second-order valence-corrected chi connectivity index (χ2v) is 9.43. The summed E-state index contributed by atoms with van der Waals surface area (Å²) in [5.41, 5.74) is -0.444. The smallest absolute Gasteiger partial charge is 0.280 e. The molecule has 38 heavy (non-hydrogen) atoms. The van der Waals surface area contributed by atoms with Gasteiger partial charge in [-0.05, 0) is 42.4 Å². The van der Waals surface area contributed by atoms with Crippen LogP contribution in [-0.2, 0) is 0 Å². The van der Waals surface area contributed by atoms with E-state index in [1.807, 2.05) is 0 Å². The average molecular weight is 549 g/mol. The number of pyridine rings is 3. The van der Waals surface area contributed by atoms with Gasteiger partial charge in [0.25, 0.3) is 23.8 Å². The highest BCUT2D eigenvalue weighted by molar-refractivity contribution is 8.26. The van der Waals surface area contributed by atoms with Gasteiger partial charge in [-0.15, -0.1) is 0 Å². The molecule has 0 bridgehead atoms. The number of amides is 1. The van der Waals surface area contributed by atoms with Crippen molar-refractivity contribution in [2.24, 2.45) is 5.92 Å². The molecule has 1 aliphatic rings. The maximum Gasteiger partial charge on any atom is 0.280 e. The summed E-state index contributed by atoms with van der Waals surface area (Å²) in [5.74, 6) is -5.11. The quantitative estimate of drug-likeness (QED) is 0.235. The molecule has 0 spiro atoms. The van der Waals surface area contributed by atoms with Crippen molar-refractivity contribution in [1.29, 1.82) is 10.8 Å². The monoisotopic (exact) mass is 548 g/mol. The first kappa shape index (κ1) is 27.0. The maximum absolute atomic E-state index is 13.5. The summed E-state index contributed by atoms with van der Waals surface area (Å²) in [6.45, 7) is 1.72. The molecule has 3 N–H and O–H groups in total. The minimum atomic E-state index is -3.00. The third-order valence-corrected chi connectivity index (χ3v) is 6.47. The van der Waals surface area contributed by atoms with Gasteiger partial charge >= 0.3 is 0 Å². The van der Waals surface area contributed by atoms with E-state index in [9.17, 15) is 27.2 Å². The number of methoxy groups -OCH3 is 1. The van der Waals surface area contributed by atoms with Crippen LogP contribution in [0.25, 0.3) is 16.9 Å². The van der Waals surface area contributed by atoms with Gasteiger partial charge in [0.2, 0.25) is 0 Å². The molecule has 1 amide bonds. The summed E-state index contributed by atoms with van der Waals surface area (Å²) < 4.78 is 59.9. The van der Waals surface area contributed by atoms with Crippen molar-refractivity contribution in [2.75, 3.05) is 7.11 Å². The fourth-order valence-corrected chi connectivity index (χ4v) is 4.34. The van der Waals surface area contributed by atoms with E-state index >= 15 is 0 Å². The number of amidine groups is 1. The SMILES string of the molecule is COc1cnc(C(F)F)cc1-c1cc(-n2ccc(C)cc2=O)ncc1C(=O)NC(=N)SC(=N)C1CC1(F)F. The highest BCUT2D eigenvalue weighted by Crippen LogP contribution is 2.51. The Balaban J connectivity index is 1.76. The first-order valence-corrected chi connectivity index (χ1v) is 11.8. The van der Waals surface area contributed by atoms with E-state index in [4.69, 9.17) is 15.6 Å². The Morgan fingerprint density at radius 1 is 1.21 bits per heavy atom. The van der Waals surface area contributed by atoms with Crippen LogP contribution < -0.4 is 15.6 Å². The normalized spacial score (nSPS) is 15.7. The third kappa shape index (κ3) is 5.59. The lowest BCUT2D eigenvalue weighted by atomic mass is 10.00. The molecule has 0 radical (unpaired) electrons. The summed E-state index contributed by atoms with van der Waals surface area (Å²) in [6.07, 6.45) is 0.179. The maximum atomic E-state index is 13.5. The molecule has 3 aromatic heterocycles. The number of aryl methyl sites for hydroxylation is 1. The number of alkyl halides is 4. The molecule has 4 rings (SSSR count). The van der Waals surface area contributed by atoms with Crippen molar-refractivity contribution in [2.45, 2.75) is 25.7 Å². The van der Waals surface area contributed by atoms with Gasteiger partial charge in [0.15, 0.2) is 5.17 Å². The predicted octanol–water partition coefficient (Wildman–Crippen LogP) is 4.58. The number of aromatic nitrogens is 3. The van der Waals surface area contributed by atoms with Crippen LogP contribution in [0, 0.1) is 23.7 Å².